The summed E-state index contributed by atoms with van der Waals surface area (Å²) in [4.78, 5) is 15.3. The Labute approximate surface area is 136 Å². The Morgan fingerprint density at radius 2 is 2.30 bits per heavy atom. The summed E-state index contributed by atoms with van der Waals surface area (Å²) >= 11 is 1.37. The fraction of sp³-hybridized carbons (Fsp3) is 0.154. The first kappa shape index (κ1) is 14.9. The smallest absolute Gasteiger partial charge is 0.205 e. The van der Waals surface area contributed by atoms with Gasteiger partial charge in [0.05, 0.1) is 6.54 Å². The van der Waals surface area contributed by atoms with E-state index in [1.165, 1.54) is 16.9 Å². The lowest BCUT2D eigenvalue weighted by Gasteiger charge is -2.01. The summed E-state index contributed by atoms with van der Waals surface area (Å²) in [6.07, 6.45) is 1.76. The van der Waals surface area contributed by atoms with Crippen LogP contribution in [0.5, 0.6) is 0 Å². The van der Waals surface area contributed by atoms with Crippen molar-refractivity contribution in [1.82, 2.24) is 15.2 Å². The molecule has 0 aliphatic carbocycles. The van der Waals surface area contributed by atoms with Crippen LogP contribution >= 0.6 is 35.3 Å². The number of H-pyrrole nitrogens is 1. The number of anilines is 1. The summed E-state index contributed by atoms with van der Waals surface area (Å²) in [5, 5.41) is 12.1. The molecule has 0 aliphatic rings. The second kappa shape index (κ2) is 6.31. The zero-order valence-corrected chi connectivity index (χ0v) is 13.9. The number of benzene rings is 1. The Morgan fingerprint density at radius 1 is 1.45 bits per heavy atom. The summed E-state index contributed by atoms with van der Waals surface area (Å²) in [6, 6.07) is 6.01. The number of ketones is 1. The minimum absolute atomic E-state index is 0. The van der Waals surface area contributed by atoms with Gasteiger partial charge in [-0.15, -0.1) is 34.2 Å². The van der Waals surface area contributed by atoms with E-state index >= 15 is 0 Å². The minimum Gasteiger partial charge on any atom is -0.360 e. The number of halogens is 1. The van der Waals surface area contributed by atoms with E-state index in [4.69, 9.17) is 0 Å². The molecule has 0 saturated heterocycles. The highest BCUT2D eigenvalue weighted by atomic mass is 127. The van der Waals surface area contributed by atoms with Gasteiger partial charge in [-0.25, -0.2) is 0 Å². The van der Waals surface area contributed by atoms with E-state index in [2.05, 4.69) is 20.5 Å². The van der Waals surface area contributed by atoms with Gasteiger partial charge in [-0.05, 0) is 18.6 Å². The third-order valence-electron chi connectivity index (χ3n) is 2.90. The predicted molar refractivity (Wildman–Crippen MR) is 91.2 cm³/mol. The van der Waals surface area contributed by atoms with Gasteiger partial charge >= 0.3 is 0 Å². The number of aromatic amines is 1. The summed E-state index contributed by atoms with van der Waals surface area (Å²) in [5.41, 5.74) is 4.48. The van der Waals surface area contributed by atoms with Gasteiger partial charge in [-0.1, -0.05) is 23.5 Å². The maximum atomic E-state index is 12.2. The van der Waals surface area contributed by atoms with E-state index in [1.807, 2.05) is 25.1 Å². The third-order valence-corrected chi connectivity index (χ3v) is 3.55. The molecule has 104 valence electrons. The molecule has 1 aromatic carbocycles. The fourth-order valence-electron chi connectivity index (χ4n) is 1.97. The number of carbonyl (C=O) groups excluding carboxylic acids is 1. The summed E-state index contributed by atoms with van der Waals surface area (Å²) in [7, 11) is 0. The zero-order chi connectivity index (χ0) is 13.2. The third kappa shape index (κ3) is 2.98. The van der Waals surface area contributed by atoms with Crippen LogP contribution in [0.4, 0.5) is 5.13 Å². The van der Waals surface area contributed by atoms with Crippen LogP contribution in [-0.4, -0.2) is 27.5 Å². The summed E-state index contributed by atoms with van der Waals surface area (Å²) in [6.45, 7) is 2.24. The van der Waals surface area contributed by atoms with Gasteiger partial charge in [0.25, 0.3) is 0 Å². The first-order chi connectivity index (χ1) is 9.24. The van der Waals surface area contributed by atoms with Crippen LogP contribution in [0.2, 0.25) is 0 Å². The number of aryl methyl sites for hydroxylation is 1. The maximum Gasteiger partial charge on any atom is 0.205 e. The Bertz CT molecular complexity index is 723. The number of fused-ring (bicyclic) bond motifs is 1. The highest BCUT2D eigenvalue weighted by molar-refractivity contribution is 14.0. The molecule has 2 heterocycles. The van der Waals surface area contributed by atoms with E-state index in [0.717, 1.165) is 10.9 Å². The first-order valence-electron chi connectivity index (χ1n) is 5.85. The molecule has 0 fully saturated rings. The molecule has 0 saturated carbocycles. The standard InChI is InChI=1S/C13H12N4OS.HI/c1-8-2-3-9-10(5-14-11(9)4-8)12(18)6-15-13-17-16-7-19-13;/h2-5,7,14H,6H2,1H3,(H,15,17);1H. The number of rotatable bonds is 4. The van der Waals surface area contributed by atoms with Crippen molar-refractivity contribution in [2.45, 2.75) is 6.92 Å². The van der Waals surface area contributed by atoms with Gasteiger partial charge in [0.15, 0.2) is 5.78 Å². The number of nitrogens with zero attached hydrogens (tertiary/aromatic N) is 2. The molecule has 7 heteroatoms. The summed E-state index contributed by atoms with van der Waals surface area (Å²) < 4.78 is 0. The van der Waals surface area contributed by atoms with Gasteiger partial charge in [-0.3, -0.25) is 4.79 Å². The van der Waals surface area contributed by atoms with Crippen molar-refractivity contribution < 1.29 is 4.79 Å². The average Bonchev–Trinajstić information content (AvgIpc) is 3.04. The van der Waals surface area contributed by atoms with Crippen LogP contribution in [0.15, 0.2) is 29.9 Å². The molecule has 0 aliphatic heterocycles. The fourth-order valence-corrected chi connectivity index (χ4v) is 2.42. The van der Waals surface area contributed by atoms with Crippen molar-refractivity contribution in [1.29, 1.82) is 0 Å². The molecular weight excluding hydrogens is 387 g/mol. The van der Waals surface area contributed by atoms with Crippen molar-refractivity contribution in [2.24, 2.45) is 0 Å². The van der Waals surface area contributed by atoms with E-state index in [0.29, 0.717) is 10.7 Å². The van der Waals surface area contributed by atoms with Crippen molar-refractivity contribution in [2.75, 3.05) is 11.9 Å². The van der Waals surface area contributed by atoms with Crippen LogP contribution in [0.3, 0.4) is 0 Å². The molecule has 0 radical (unpaired) electrons. The van der Waals surface area contributed by atoms with Gasteiger partial charge in [0, 0.05) is 22.7 Å². The highest BCUT2D eigenvalue weighted by Gasteiger charge is 2.12. The molecule has 3 aromatic rings. The molecule has 5 nitrogen and oxygen atoms in total. The molecule has 2 aromatic heterocycles. The van der Waals surface area contributed by atoms with Crippen LogP contribution in [0.1, 0.15) is 15.9 Å². The van der Waals surface area contributed by atoms with Crippen LogP contribution < -0.4 is 5.32 Å². The van der Waals surface area contributed by atoms with Crippen LogP contribution in [0, 0.1) is 6.92 Å². The number of Topliss-reactive ketones (excluding diaryl/α,β-unsaturated/α-hetero) is 1. The first-order valence-corrected chi connectivity index (χ1v) is 6.73. The Kier molecular flexibility index (Phi) is 4.71. The van der Waals surface area contributed by atoms with Gasteiger partial charge in [0.2, 0.25) is 5.13 Å². The number of aromatic nitrogens is 3. The monoisotopic (exact) mass is 400 g/mol. The Hall–Kier alpha value is -1.48. The minimum atomic E-state index is 0. The van der Waals surface area contributed by atoms with E-state index < -0.39 is 0 Å². The quantitative estimate of drug-likeness (QED) is 0.521. The van der Waals surface area contributed by atoms with Crippen molar-refractivity contribution in [3.8, 4) is 0 Å². The van der Waals surface area contributed by atoms with Gasteiger partial charge in [-0.2, -0.15) is 0 Å². The van der Waals surface area contributed by atoms with E-state index in [-0.39, 0.29) is 36.3 Å². The van der Waals surface area contributed by atoms with E-state index in [1.54, 1.807) is 11.7 Å². The maximum absolute atomic E-state index is 12.2. The lowest BCUT2D eigenvalue weighted by atomic mass is 10.1. The SMILES string of the molecule is Cc1ccc2c(C(=O)CNc3nncs3)c[nH]c2c1.I. The second-order valence-electron chi connectivity index (χ2n) is 4.27. The van der Waals surface area contributed by atoms with Crippen molar-refractivity contribution in [3.63, 3.8) is 0 Å². The molecule has 20 heavy (non-hydrogen) atoms. The lowest BCUT2D eigenvalue weighted by molar-refractivity contribution is 0.101. The lowest BCUT2D eigenvalue weighted by Crippen LogP contribution is -2.13. The van der Waals surface area contributed by atoms with Crippen LogP contribution in [-0.2, 0) is 0 Å². The van der Waals surface area contributed by atoms with Gasteiger partial charge in [0.1, 0.15) is 5.51 Å². The predicted octanol–water partition coefficient (Wildman–Crippen LogP) is 3.24. The molecule has 0 amide bonds. The number of hydrogen-bond donors (Lipinski definition) is 2. The Balaban J connectivity index is 0.00000147. The van der Waals surface area contributed by atoms with E-state index in [9.17, 15) is 4.79 Å². The summed E-state index contributed by atoms with van der Waals surface area (Å²) in [5.74, 6) is 0.0327. The number of nitrogens with one attached hydrogen (secondary N) is 2. The topological polar surface area (TPSA) is 70.7 Å². The van der Waals surface area contributed by atoms with Crippen LogP contribution in [0.25, 0.3) is 10.9 Å². The molecule has 3 rings (SSSR count). The molecular formula is C13H13IN4OS. The Morgan fingerprint density at radius 3 is 3.05 bits per heavy atom. The van der Waals surface area contributed by atoms with Crippen molar-refractivity contribution >= 4 is 57.1 Å². The van der Waals surface area contributed by atoms with Crippen molar-refractivity contribution in [3.05, 3.63) is 41.0 Å². The second-order valence-corrected chi connectivity index (χ2v) is 5.11. The van der Waals surface area contributed by atoms with Gasteiger partial charge < -0.3 is 10.3 Å². The number of hydrogen-bond acceptors (Lipinski definition) is 5. The largest absolute Gasteiger partial charge is 0.360 e. The molecule has 0 bridgehead atoms. The molecule has 0 unspecified atom stereocenters. The molecule has 2 N–H and O–H groups in total. The highest BCUT2D eigenvalue weighted by Crippen LogP contribution is 2.20. The average molecular weight is 400 g/mol. The molecule has 0 spiro atoms. The zero-order valence-electron chi connectivity index (χ0n) is 10.7. The number of carbonyl (C=O) groups is 1. The molecule has 0 atom stereocenters. The normalized spacial score (nSPS) is 10.2.